The molecule has 1 aliphatic rings. The summed E-state index contributed by atoms with van der Waals surface area (Å²) < 4.78 is 0. The van der Waals surface area contributed by atoms with E-state index < -0.39 is 0 Å². The molecule has 3 heteroatoms. The van der Waals surface area contributed by atoms with Gasteiger partial charge in [-0.1, -0.05) is 37.4 Å². The lowest BCUT2D eigenvalue weighted by atomic mass is 9.98. The van der Waals surface area contributed by atoms with Crippen LogP contribution in [-0.4, -0.2) is 0 Å². The van der Waals surface area contributed by atoms with E-state index in [9.17, 15) is 0 Å². The number of hydrogen-bond donors (Lipinski definition) is 3. The van der Waals surface area contributed by atoms with E-state index in [-0.39, 0.29) is 0 Å². The lowest BCUT2D eigenvalue weighted by molar-refractivity contribution is 0.980. The lowest BCUT2D eigenvalue weighted by Crippen LogP contribution is -2.25. The van der Waals surface area contributed by atoms with Gasteiger partial charge in [-0.25, -0.2) is 0 Å². The number of anilines is 1. The highest BCUT2D eigenvalue weighted by Gasteiger charge is 2.18. The van der Waals surface area contributed by atoms with Crippen molar-refractivity contribution in [2.45, 2.75) is 0 Å². The summed E-state index contributed by atoms with van der Waals surface area (Å²) in [5.41, 5.74) is 7.28. The fourth-order valence-corrected chi connectivity index (χ4v) is 1.72. The van der Waals surface area contributed by atoms with Gasteiger partial charge in [-0.2, -0.15) is 0 Å². The molecule has 3 nitrogen and oxygen atoms in total. The number of para-hydroxylation sites is 1. The third-order valence-corrected chi connectivity index (χ3v) is 2.42. The highest BCUT2D eigenvalue weighted by atomic mass is 15.2. The Hall–Kier alpha value is -2.00. The molecule has 0 aromatic heterocycles. The smallest absolute Gasteiger partial charge is 0.0671 e. The Morgan fingerprint density at radius 2 is 2.07 bits per heavy atom. The minimum absolute atomic E-state index is 0.802. The van der Waals surface area contributed by atoms with Crippen molar-refractivity contribution in [1.29, 1.82) is 0 Å². The van der Waals surface area contributed by atoms with E-state index in [1.807, 2.05) is 24.3 Å². The Balaban J connectivity index is 2.67. The second-order valence-electron chi connectivity index (χ2n) is 3.29. The molecule has 0 radical (unpaired) electrons. The van der Waals surface area contributed by atoms with E-state index in [0.29, 0.717) is 0 Å². The Kier molecular flexibility index (Phi) is 2.31. The van der Waals surface area contributed by atoms with Crippen LogP contribution < -0.4 is 16.6 Å². The monoisotopic (exact) mass is 199 g/mol. The van der Waals surface area contributed by atoms with E-state index in [1.54, 1.807) is 6.08 Å². The highest BCUT2D eigenvalue weighted by molar-refractivity contribution is 5.86. The van der Waals surface area contributed by atoms with Crippen LogP contribution in [0.1, 0.15) is 5.56 Å². The molecular formula is C12H13N3. The van der Waals surface area contributed by atoms with Crippen LogP contribution in [0.15, 0.2) is 54.8 Å². The van der Waals surface area contributed by atoms with Crippen molar-refractivity contribution >= 4 is 11.4 Å². The molecule has 4 N–H and O–H groups in total. The first-order chi connectivity index (χ1) is 7.27. The quantitative estimate of drug-likeness (QED) is 0.504. The summed E-state index contributed by atoms with van der Waals surface area (Å²) in [6.45, 7) is 7.68. The van der Waals surface area contributed by atoms with E-state index in [1.165, 1.54) is 0 Å². The third-order valence-electron chi connectivity index (χ3n) is 2.42. The molecule has 1 heterocycles. The Bertz CT molecular complexity index is 458. The van der Waals surface area contributed by atoms with Gasteiger partial charge in [0.2, 0.25) is 0 Å². The maximum absolute atomic E-state index is 5.52. The first-order valence-corrected chi connectivity index (χ1v) is 4.67. The number of nitrogens with two attached hydrogens (primary N) is 1. The maximum atomic E-state index is 5.52. The van der Waals surface area contributed by atoms with Crippen molar-refractivity contribution in [3.05, 3.63) is 60.3 Å². The molecule has 0 unspecified atom stereocenters. The topological polar surface area (TPSA) is 50.1 Å². The van der Waals surface area contributed by atoms with Crippen molar-refractivity contribution in [3.63, 3.8) is 0 Å². The molecule has 1 aliphatic heterocycles. The van der Waals surface area contributed by atoms with Crippen molar-refractivity contribution in [1.82, 2.24) is 5.43 Å². The van der Waals surface area contributed by atoms with Crippen LogP contribution in [0.3, 0.4) is 0 Å². The van der Waals surface area contributed by atoms with Gasteiger partial charge < -0.3 is 10.7 Å². The first-order valence-electron chi connectivity index (χ1n) is 4.67. The molecule has 0 bridgehead atoms. The van der Waals surface area contributed by atoms with Gasteiger partial charge >= 0.3 is 0 Å². The SMILES string of the molecule is C=CC1=C(NN)c2ccccc2NC1=C. The molecule has 0 amide bonds. The van der Waals surface area contributed by atoms with E-state index in [2.05, 4.69) is 23.9 Å². The number of nitrogens with one attached hydrogen (secondary N) is 2. The number of hydrogen-bond acceptors (Lipinski definition) is 3. The second-order valence-corrected chi connectivity index (χ2v) is 3.29. The predicted molar refractivity (Wildman–Crippen MR) is 63.6 cm³/mol. The molecule has 0 atom stereocenters. The Labute approximate surface area is 89.0 Å². The van der Waals surface area contributed by atoms with E-state index in [4.69, 9.17) is 5.84 Å². The van der Waals surface area contributed by atoms with Crippen molar-refractivity contribution in [2.24, 2.45) is 5.84 Å². The minimum atomic E-state index is 0.802. The van der Waals surface area contributed by atoms with Crippen molar-refractivity contribution in [3.8, 4) is 0 Å². The van der Waals surface area contributed by atoms with Crippen LogP contribution in [-0.2, 0) is 0 Å². The molecule has 1 aromatic carbocycles. The van der Waals surface area contributed by atoms with E-state index >= 15 is 0 Å². The number of benzene rings is 1. The summed E-state index contributed by atoms with van der Waals surface area (Å²) >= 11 is 0. The number of hydrazine groups is 1. The Morgan fingerprint density at radius 3 is 2.73 bits per heavy atom. The fraction of sp³-hybridized carbons (Fsp3) is 0. The summed E-state index contributed by atoms with van der Waals surface area (Å²) in [6.07, 6.45) is 1.74. The molecule has 15 heavy (non-hydrogen) atoms. The average molecular weight is 199 g/mol. The summed E-state index contributed by atoms with van der Waals surface area (Å²) in [4.78, 5) is 0. The fourth-order valence-electron chi connectivity index (χ4n) is 1.72. The van der Waals surface area contributed by atoms with Crippen LogP contribution in [0.5, 0.6) is 0 Å². The van der Waals surface area contributed by atoms with Gasteiger partial charge in [0.1, 0.15) is 0 Å². The zero-order valence-electron chi connectivity index (χ0n) is 8.38. The van der Waals surface area contributed by atoms with Gasteiger partial charge in [-0.05, 0) is 6.07 Å². The van der Waals surface area contributed by atoms with Gasteiger partial charge in [-0.3, -0.25) is 5.84 Å². The van der Waals surface area contributed by atoms with Crippen LogP contribution in [0, 0.1) is 0 Å². The number of rotatable bonds is 2. The Morgan fingerprint density at radius 1 is 1.33 bits per heavy atom. The predicted octanol–water partition coefficient (Wildman–Crippen LogP) is 1.99. The minimum Gasteiger partial charge on any atom is -0.355 e. The van der Waals surface area contributed by atoms with Gasteiger partial charge in [0, 0.05) is 22.5 Å². The van der Waals surface area contributed by atoms with Crippen LogP contribution in [0.25, 0.3) is 5.70 Å². The largest absolute Gasteiger partial charge is 0.355 e. The summed E-state index contributed by atoms with van der Waals surface area (Å²) in [5.74, 6) is 5.52. The zero-order valence-corrected chi connectivity index (χ0v) is 8.38. The zero-order chi connectivity index (χ0) is 10.8. The average Bonchev–Trinajstić information content (AvgIpc) is 2.27. The van der Waals surface area contributed by atoms with Crippen LogP contribution in [0.2, 0.25) is 0 Å². The summed E-state index contributed by atoms with van der Waals surface area (Å²) in [7, 11) is 0. The standard InChI is InChI=1S/C12H13N3/c1-3-9-8(2)14-11-7-5-4-6-10(11)12(9)15-13/h3-7,14-15H,1-2,13H2. The normalized spacial score (nSPS) is 14.3. The van der Waals surface area contributed by atoms with Gasteiger partial charge in [0.05, 0.1) is 5.70 Å². The molecule has 0 spiro atoms. The van der Waals surface area contributed by atoms with Crippen molar-refractivity contribution < 1.29 is 0 Å². The molecule has 1 aromatic rings. The molecule has 0 saturated heterocycles. The summed E-state index contributed by atoms with van der Waals surface area (Å²) in [5, 5.41) is 3.21. The number of fused-ring (bicyclic) bond motifs is 1. The highest BCUT2D eigenvalue weighted by Crippen LogP contribution is 2.33. The molecule has 0 fully saturated rings. The van der Waals surface area contributed by atoms with E-state index in [0.717, 1.165) is 28.2 Å². The summed E-state index contributed by atoms with van der Waals surface area (Å²) in [6, 6.07) is 7.91. The van der Waals surface area contributed by atoms with Crippen molar-refractivity contribution in [2.75, 3.05) is 5.32 Å². The molecule has 2 rings (SSSR count). The third kappa shape index (κ3) is 1.43. The van der Waals surface area contributed by atoms with Gasteiger partial charge in [-0.15, -0.1) is 0 Å². The molecule has 0 saturated carbocycles. The maximum Gasteiger partial charge on any atom is 0.0671 e. The molecule has 76 valence electrons. The first kappa shape index (κ1) is 9.55. The van der Waals surface area contributed by atoms with Crippen LogP contribution >= 0.6 is 0 Å². The van der Waals surface area contributed by atoms with Crippen LogP contribution in [0.4, 0.5) is 5.69 Å². The lowest BCUT2D eigenvalue weighted by Gasteiger charge is -2.24. The number of allylic oxidation sites excluding steroid dienone is 1. The van der Waals surface area contributed by atoms with Gasteiger partial charge in [0.25, 0.3) is 0 Å². The second kappa shape index (κ2) is 3.63. The van der Waals surface area contributed by atoms with Gasteiger partial charge in [0.15, 0.2) is 0 Å². The molecular weight excluding hydrogens is 186 g/mol. The molecule has 0 aliphatic carbocycles.